The maximum atomic E-state index is 13.1. The highest BCUT2D eigenvalue weighted by molar-refractivity contribution is 7.89. The van der Waals surface area contributed by atoms with Gasteiger partial charge in [-0.2, -0.15) is 4.31 Å². The lowest BCUT2D eigenvalue weighted by Crippen LogP contribution is -2.50. The molecule has 10 heteroatoms. The van der Waals surface area contributed by atoms with Crippen LogP contribution in [0.3, 0.4) is 0 Å². The standard InChI is InChI=1S/C23H27FN4O4S/c1-2-12-27-20-5-3-4-6-21(20)28(23(27)30)13-11-22(29)25-14-16-26(17-15-25)33(31,32)19-9-7-18(24)8-10-19/h3-10H,2,11-17H2,1H3. The van der Waals surface area contributed by atoms with Crippen molar-refractivity contribution in [1.82, 2.24) is 18.3 Å². The van der Waals surface area contributed by atoms with Gasteiger partial charge in [-0.1, -0.05) is 19.1 Å². The Hall–Kier alpha value is -2.98. The minimum absolute atomic E-state index is 0.0338. The van der Waals surface area contributed by atoms with Crippen molar-refractivity contribution in [1.29, 1.82) is 0 Å². The number of hydrogen-bond acceptors (Lipinski definition) is 4. The van der Waals surface area contributed by atoms with Crippen LogP contribution >= 0.6 is 0 Å². The minimum atomic E-state index is -3.74. The number of hydrogen-bond donors (Lipinski definition) is 0. The van der Waals surface area contributed by atoms with E-state index in [2.05, 4.69) is 0 Å². The van der Waals surface area contributed by atoms with Crippen LogP contribution < -0.4 is 5.69 Å². The third kappa shape index (κ3) is 4.58. The highest BCUT2D eigenvalue weighted by Gasteiger charge is 2.30. The Labute approximate surface area is 191 Å². The summed E-state index contributed by atoms with van der Waals surface area (Å²) in [5, 5.41) is 0. The monoisotopic (exact) mass is 474 g/mol. The van der Waals surface area contributed by atoms with Crippen LogP contribution in [-0.4, -0.2) is 58.8 Å². The Morgan fingerprint density at radius 2 is 1.48 bits per heavy atom. The Balaban J connectivity index is 1.40. The maximum absolute atomic E-state index is 13.1. The van der Waals surface area contributed by atoms with Crippen LogP contribution in [0.25, 0.3) is 11.0 Å². The number of aryl methyl sites for hydroxylation is 2. The van der Waals surface area contributed by atoms with Gasteiger partial charge >= 0.3 is 5.69 Å². The molecular weight excluding hydrogens is 447 g/mol. The average Bonchev–Trinajstić information content (AvgIpc) is 3.09. The Kier molecular flexibility index (Phi) is 6.66. The fourth-order valence-corrected chi connectivity index (χ4v) is 5.65. The van der Waals surface area contributed by atoms with Gasteiger partial charge in [0, 0.05) is 45.7 Å². The van der Waals surface area contributed by atoms with Crippen LogP contribution in [0.15, 0.2) is 58.2 Å². The second-order valence-electron chi connectivity index (χ2n) is 8.06. The number of imidazole rings is 1. The fraction of sp³-hybridized carbons (Fsp3) is 0.391. The van der Waals surface area contributed by atoms with Gasteiger partial charge < -0.3 is 4.90 Å². The molecule has 1 aliphatic rings. The molecule has 1 saturated heterocycles. The van der Waals surface area contributed by atoms with Crippen LogP contribution in [-0.2, 0) is 27.9 Å². The predicted octanol–water partition coefficient (Wildman–Crippen LogP) is 2.28. The Morgan fingerprint density at radius 3 is 2.06 bits per heavy atom. The number of fused-ring (bicyclic) bond motifs is 1. The largest absolute Gasteiger partial charge is 0.340 e. The van der Waals surface area contributed by atoms with E-state index in [0.717, 1.165) is 29.6 Å². The SMILES string of the molecule is CCCn1c(=O)n(CCC(=O)N2CCN(S(=O)(=O)c3ccc(F)cc3)CC2)c2ccccc21. The van der Waals surface area contributed by atoms with E-state index in [1.54, 1.807) is 14.0 Å². The topological polar surface area (TPSA) is 84.6 Å². The summed E-state index contributed by atoms with van der Waals surface area (Å²) in [4.78, 5) is 27.4. The summed E-state index contributed by atoms with van der Waals surface area (Å²) in [6.07, 6.45) is 0.989. The van der Waals surface area contributed by atoms with Crippen molar-refractivity contribution < 1.29 is 17.6 Å². The molecule has 1 fully saturated rings. The van der Waals surface area contributed by atoms with Crippen molar-refractivity contribution in [3.05, 3.63) is 64.8 Å². The molecular formula is C23H27FN4O4S. The van der Waals surface area contributed by atoms with E-state index in [1.165, 1.54) is 16.4 Å². The highest BCUT2D eigenvalue weighted by Crippen LogP contribution is 2.19. The number of nitrogens with zero attached hydrogens (tertiary/aromatic N) is 4. The van der Waals surface area contributed by atoms with E-state index in [9.17, 15) is 22.4 Å². The third-order valence-corrected chi connectivity index (χ3v) is 7.88. The fourth-order valence-electron chi connectivity index (χ4n) is 4.23. The molecule has 0 bridgehead atoms. The third-order valence-electron chi connectivity index (χ3n) is 5.96. The highest BCUT2D eigenvalue weighted by atomic mass is 32.2. The predicted molar refractivity (Wildman–Crippen MR) is 123 cm³/mol. The molecule has 0 spiro atoms. The molecule has 3 aromatic rings. The summed E-state index contributed by atoms with van der Waals surface area (Å²) < 4.78 is 43.3. The molecule has 4 rings (SSSR count). The van der Waals surface area contributed by atoms with Crippen molar-refractivity contribution in [3.8, 4) is 0 Å². The minimum Gasteiger partial charge on any atom is -0.340 e. The number of para-hydroxylation sites is 2. The summed E-state index contributed by atoms with van der Waals surface area (Å²) >= 11 is 0. The summed E-state index contributed by atoms with van der Waals surface area (Å²) in [5.74, 6) is -0.616. The van der Waals surface area contributed by atoms with Crippen LogP contribution in [0.2, 0.25) is 0 Å². The smallest absolute Gasteiger partial charge is 0.329 e. The van der Waals surface area contributed by atoms with Crippen LogP contribution in [0.1, 0.15) is 19.8 Å². The first kappa shape index (κ1) is 23.2. The zero-order chi connectivity index (χ0) is 23.6. The molecule has 176 valence electrons. The molecule has 33 heavy (non-hydrogen) atoms. The summed E-state index contributed by atoms with van der Waals surface area (Å²) in [5.41, 5.74) is 1.54. The van der Waals surface area contributed by atoms with Crippen LogP contribution in [0.4, 0.5) is 4.39 Å². The van der Waals surface area contributed by atoms with E-state index in [0.29, 0.717) is 6.54 Å². The summed E-state index contributed by atoms with van der Waals surface area (Å²) in [6, 6.07) is 12.3. The van der Waals surface area contributed by atoms with Gasteiger partial charge in [-0.15, -0.1) is 0 Å². The number of sulfonamides is 1. The van der Waals surface area contributed by atoms with Gasteiger partial charge in [0.1, 0.15) is 5.82 Å². The van der Waals surface area contributed by atoms with Gasteiger partial charge in [0.15, 0.2) is 0 Å². The molecule has 0 aliphatic carbocycles. The molecule has 2 aromatic carbocycles. The molecule has 0 radical (unpaired) electrons. The van der Waals surface area contributed by atoms with Gasteiger partial charge in [0.2, 0.25) is 15.9 Å². The van der Waals surface area contributed by atoms with Gasteiger partial charge in [0.25, 0.3) is 0 Å². The van der Waals surface area contributed by atoms with Crippen LogP contribution in [0, 0.1) is 5.82 Å². The maximum Gasteiger partial charge on any atom is 0.329 e. The molecule has 0 N–H and O–H groups in total. The molecule has 0 saturated carbocycles. The number of aromatic nitrogens is 2. The van der Waals surface area contributed by atoms with Gasteiger partial charge in [-0.25, -0.2) is 17.6 Å². The van der Waals surface area contributed by atoms with E-state index in [1.807, 2.05) is 31.2 Å². The van der Waals surface area contributed by atoms with Gasteiger partial charge in [0.05, 0.1) is 15.9 Å². The van der Waals surface area contributed by atoms with Crippen molar-refractivity contribution in [2.45, 2.75) is 37.8 Å². The van der Waals surface area contributed by atoms with E-state index < -0.39 is 15.8 Å². The molecule has 0 atom stereocenters. The van der Waals surface area contributed by atoms with Crippen LogP contribution in [0.5, 0.6) is 0 Å². The number of halogens is 1. The second kappa shape index (κ2) is 9.48. The van der Waals surface area contributed by atoms with Crippen molar-refractivity contribution in [2.24, 2.45) is 0 Å². The number of rotatable bonds is 7. The van der Waals surface area contributed by atoms with Crippen molar-refractivity contribution in [3.63, 3.8) is 0 Å². The first-order valence-electron chi connectivity index (χ1n) is 11.0. The van der Waals surface area contributed by atoms with Gasteiger partial charge in [-0.3, -0.25) is 13.9 Å². The first-order valence-corrected chi connectivity index (χ1v) is 12.5. The lowest BCUT2D eigenvalue weighted by atomic mass is 10.3. The zero-order valence-electron chi connectivity index (χ0n) is 18.5. The number of benzene rings is 2. The van der Waals surface area contributed by atoms with Gasteiger partial charge in [-0.05, 0) is 42.8 Å². The van der Waals surface area contributed by atoms with Crippen molar-refractivity contribution >= 4 is 27.0 Å². The molecule has 1 aromatic heterocycles. The number of amides is 1. The average molecular weight is 475 g/mol. The molecule has 0 unspecified atom stereocenters. The normalized spacial score (nSPS) is 15.3. The Morgan fingerprint density at radius 1 is 0.909 bits per heavy atom. The molecule has 8 nitrogen and oxygen atoms in total. The van der Waals surface area contributed by atoms with E-state index in [4.69, 9.17) is 0 Å². The number of carbonyl (C=O) groups is 1. The number of piperazine rings is 1. The summed E-state index contributed by atoms with van der Waals surface area (Å²) in [6.45, 7) is 3.77. The zero-order valence-corrected chi connectivity index (χ0v) is 19.3. The second-order valence-corrected chi connectivity index (χ2v) is 10.0. The lowest BCUT2D eigenvalue weighted by Gasteiger charge is -2.34. The number of carbonyl (C=O) groups excluding carboxylic acids is 1. The lowest BCUT2D eigenvalue weighted by molar-refractivity contribution is -0.132. The van der Waals surface area contributed by atoms with E-state index in [-0.39, 0.29) is 55.6 Å². The molecule has 1 aliphatic heterocycles. The quantitative estimate of drug-likeness (QED) is 0.526. The van der Waals surface area contributed by atoms with Crippen molar-refractivity contribution in [2.75, 3.05) is 26.2 Å². The molecule has 1 amide bonds. The Bertz CT molecular complexity index is 1310. The summed E-state index contributed by atoms with van der Waals surface area (Å²) in [7, 11) is -3.74. The molecule has 2 heterocycles. The first-order chi connectivity index (χ1) is 15.8. The van der Waals surface area contributed by atoms with E-state index >= 15 is 0 Å².